The smallest absolute Gasteiger partial charge is 0.336 e. The number of hydrogen-bond acceptors (Lipinski definition) is 3. The van der Waals surface area contributed by atoms with Crippen LogP contribution in [0.5, 0.6) is 0 Å². The molecule has 3 aromatic rings. The number of rotatable bonds is 5. The zero-order chi connectivity index (χ0) is 17.8. The lowest BCUT2D eigenvalue weighted by Gasteiger charge is -2.10. The summed E-state index contributed by atoms with van der Waals surface area (Å²) in [6, 6.07) is 16.1. The van der Waals surface area contributed by atoms with Crippen molar-refractivity contribution in [2.24, 2.45) is 0 Å². The monoisotopic (exact) mass is 334 g/mol. The van der Waals surface area contributed by atoms with Gasteiger partial charge in [0.25, 0.3) is 0 Å². The van der Waals surface area contributed by atoms with Gasteiger partial charge < -0.3 is 10.4 Å². The number of nitrogens with one attached hydrogen (secondary N) is 1. The lowest BCUT2D eigenvalue weighted by atomic mass is 10.0. The molecule has 2 aromatic carbocycles. The molecule has 0 bridgehead atoms. The van der Waals surface area contributed by atoms with Crippen LogP contribution in [0.15, 0.2) is 54.6 Å². The molecule has 0 aliphatic carbocycles. The molecular weight excluding hydrogens is 316 g/mol. The van der Waals surface area contributed by atoms with Crippen LogP contribution in [0.3, 0.4) is 0 Å². The van der Waals surface area contributed by atoms with Crippen molar-refractivity contribution in [1.29, 1.82) is 0 Å². The van der Waals surface area contributed by atoms with E-state index in [9.17, 15) is 14.7 Å². The first-order valence-corrected chi connectivity index (χ1v) is 8.12. The van der Waals surface area contributed by atoms with Gasteiger partial charge in [-0.3, -0.25) is 4.79 Å². The molecule has 5 nitrogen and oxygen atoms in total. The lowest BCUT2D eigenvalue weighted by molar-refractivity contribution is -0.116. The van der Waals surface area contributed by atoms with Crippen LogP contribution < -0.4 is 5.32 Å². The number of aromatic carboxylic acids is 1. The minimum atomic E-state index is -1.03. The zero-order valence-corrected chi connectivity index (χ0v) is 13.8. The second-order valence-corrected chi connectivity index (χ2v) is 5.76. The fourth-order valence-corrected chi connectivity index (χ4v) is 2.69. The molecule has 0 aliphatic rings. The van der Waals surface area contributed by atoms with Gasteiger partial charge in [0.2, 0.25) is 5.91 Å². The zero-order valence-electron chi connectivity index (χ0n) is 13.8. The van der Waals surface area contributed by atoms with E-state index in [0.29, 0.717) is 28.7 Å². The van der Waals surface area contributed by atoms with E-state index in [-0.39, 0.29) is 11.5 Å². The molecule has 0 unspecified atom stereocenters. The maximum Gasteiger partial charge on any atom is 0.336 e. The fraction of sp³-hybridized carbons (Fsp3) is 0.150. The number of aromatic nitrogens is 1. The largest absolute Gasteiger partial charge is 0.478 e. The van der Waals surface area contributed by atoms with E-state index in [1.807, 2.05) is 37.3 Å². The maximum atomic E-state index is 11.8. The standard InChI is InChI=1S/C20H18N2O3/c1-2-6-19(23)21-14-9-10-17-15(11-14)16(20(24)25)12-18(22-17)13-7-4-3-5-8-13/h3-5,7-12H,2,6H2,1H3,(H,21,23)(H,24,25). The summed E-state index contributed by atoms with van der Waals surface area (Å²) in [4.78, 5) is 28.1. The van der Waals surface area contributed by atoms with Crippen LogP contribution in [-0.2, 0) is 4.79 Å². The molecule has 3 rings (SSSR count). The Morgan fingerprint density at radius 2 is 1.84 bits per heavy atom. The molecule has 0 spiro atoms. The van der Waals surface area contributed by atoms with Crippen molar-refractivity contribution in [3.05, 3.63) is 60.2 Å². The van der Waals surface area contributed by atoms with Crippen molar-refractivity contribution in [1.82, 2.24) is 4.98 Å². The van der Waals surface area contributed by atoms with Crippen LogP contribution in [0.1, 0.15) is 30.1 Å². The molecule has 0 saturated carbocycles. The Kier molecular flexibility index (Phi) is 4.75. The highest BCUT2D eigenvalue weighted by atomic mass is 16.4. The lowest BCUT2D eigenvalue weighted by Crippen LogP contribution is -2.10. The van der Waals surface area contributed by atoms with E-state index in [1.54, 1.807) is 24.3 Å². The highest BCUT2D eigenvalue weighted by Crippen LogP contribution is 2.27. The van der Waals surface area contributed by atoms with Crippen LogP contribution >= 0.6 is 0 Å². The average Bonchev–Trinajstić information content (AvgIpc) is 2.61. The number of fused-ring (bicyclic) bond motifs is 1. The molecule has 126 valence electrons. The number of nitrogens with zero attached hydrogens (tertiary/aromatic N) is 1. The minimum Gasteiger partial charge on any atom is -0.478 e. The molecule has 1 aromatic heterocycles. The number of carbonyl (C=O) groups is 2. The topological polar surface area (TPSA) is 79.3 Å². The normalized spacial score (nSPS) is 10.6. The molecular formula is C20H18N2O3. The van der Waals surface area contributed by atoms with Crippen LogP contribution in [0, 0.1) is 0 Å². The number of hydrogen-bond donors (Lipinski definition) is 2. The molecule has 5 heteroatoms. The van der Waals surface area contributed by atoms with Crippen LogP contribution in [-0.4, -0.2) is 22.0 Å². The van der Waals surface area contributed by atoms with Crippen molar-refractivity contribution in [3.63, 3.8) is 0 Å². The summed E-state index contributed by atoms with van der Waals surface area (Å²) < 4.78 is 0. The van der Waals surface area contributed by atoms with E-state index in [0.717, 1.165) is 12.0 Å². The predicted octanol–water partition coefficient (Wildman–Crippen LogP) is 4.34. The third-order valence-corrected chi connectivity index (χ3v) is 3.87. The summed E-state index contributed by atoms with van der Waals surface area (Å²) >= 11 is 0. The minimum absolute atomic E-state index is 0.0902. The second-order valence-electron chi connectivity index (χ2n) is 5.76. The van der Waals surface area contributed by atoms with E-state index in [2.05, 4.69) is 10.3 Å². The number of benzene rings is 2. The van der Waals surface area contributed by atoms with Crippen molar-refractivity contribution in [2.75, 3.05) is 5.32 Å². The highest BCUT2D eigenvalue weighted by Gasteiger charge is 2.14. The summed E-state index contributed by atoms with van der Waals surface area (Å²) in [6.45, 7) is 1.93. The van der Waals surface area contributed by atoms with Crippen LogP contribution in [0.2, 0.25) is 0 Å². The van der Waals surface area contributed by atoms with Gasteiger partial charge >= 0.3 is 5.97 Å². The number of anilines is 1. The van der Waals surface area contributed by atoms with Gasteiger partial charge in [0.05, 0.1) is 16.8 Å². The predicted molar refractivity (Wildman–Crippen MR) is 97.7 cm³/mol. The Hall–Kier alpha value is -3.21. The first kappa shape index (κ1) is 16.6. The van der Waals surface area contributed by atoms with E-state index < -0.39 is 5.97 Å². The van der Waals surface area contributed by atoms with Crippen LogP contribution in [0.25, 0.3) is 22.2 Å². The SMILES string of the molecule is CCCC(=O)Nc1ccc2nc(-c3ccccc3)cc(C(=O)O)c2c1. The van der Waals surface area contributed by atoms with E-state index in [1.165, 1.54) is 0 Å². The maximum absolute atomic E-state index is 11.8. The second kappa shape index (κ2) is 7.13. The fourth-order valence-electron chi connectivity index (χ4n) is 2.69. The van der Waals surface area contributed by atoms with E-state index in [4.69, 9.17) is 0 Å². The van der Waals surface area contributed by atoms with Crippen molar-refractivity contribution >= 4 is 28.5 Å². The first-order chi connectivity index (χ1) is 12.1. The quantitative estimate of drug-likeness (QED) is 0.727. The number of pyridine rings is 1. The van der Waals surface area contributed by atoms with E-state index >= 15 is 0 Å². The van der Waals surface area contributed by atoms with Gasteiger partial charge in [0, 0.05) is 23.1 Å². The summed E-state index contributed by atoms with van der Waals surface area (Å²) in [6.07, 6.45) is 1.18. The molecule has 2 N–H and O–H groups in total. The number of amides is 1. The Morgan fingerprint density at radius 1 is 1.08 bits per heavy atom. The molecule has 1 amide bonds. The third kappa shape index (κ3) is 3.66. The first-order valence-electron chi connectivity index (χ1n) is 8.12. The number of carboxylic acid groups (broad SMARTS) is 1. The Labute approximate surface area is 145 Å². The summed E-state index contributed by atoms with van der Waals surface area (Å²) in [5, 5.41) is 12.9. The van der Waals surface area contributed by atoms with Gasteiger partial charge in [0.1, 0.15) is 0 Å². The number of carbonyl (C=O) groups excluding carboxylic acids is 1. The molecule has 0 fully saturated rings. The van der Waals surface area contributed by atoms with Crippen molar-refractivity contribution in [2.45, 2.75) is 19.8 Å². The summed E-state index contributed by atoms with van der Waals surface area (Å²) in [5.74, 6) is -1.12. The van der Waals surface area contributed by atoms with Gasteiger partial charge in [-0.25, -0.2) is 9.78 Å². The summed E-state index contributed by atoms with van der Waals surface area (Å²) in [5.41, 5.74) is 2.77. The van der Waals surface area contributed by atoms with Gasteiger partial charge in [-0.1, -0.05) is 37.3 Å². The van der Waals surface area contributed by atoms with Gasteiger partial charge in [-0.15, -0.1) is 0 Å². The highest BCUT2D eigenvalue weighted by molar-refractivity contribution is 6.05. The van der Waals surface area contributed by atoms with Crippen molar-refractivity contribution in [3.8, 4) is 11.3 Å². The number of carboxylic acids is 1. The Bertz CT molecular complexity index is 936. The molecule has 1 heterocycles. The molecule has 0 saturated heterocycles. The molecule has 25 heavy (non-hydrogen) atoms. The average molecular weight is 334 g/mol. The van der Waals surface area contributed by atoms with Crippen molar-refractivity contribution < 1.29 is 14.7 Å². The Balaban J connectivity index is 2.09. The third-order valence-electron chi connectivity index (χ3n) is 3.87. The molecule has 0 atom stereocenters. The van der Waals surface area contributed by atoms with Gasteiger partial charge in [0.15, 0.2) is 0 Å². The Morgan fingerprint density at radius 3 is 2.52 bits per heavy atom. The summed E-state index contributed by atoms with van der Waals surface area (Å²) in [7, 11) is 0. The van der Waals surface area contributed by atoms with Crippen LogP contribution in [0.4, 0.5) is 5.69 Å². The molecule has 0 radical (unpaired) electrons. The van der Waals surface area contributed by atoms with Gasteiger partial charge in [-0.2, -0.15) is 0 Å². The molecule has 0 aliphatic heterocycles. The van der Waals surface area contributed by atoms with Gasteiger partial charge in [-0.05, 0) is 30.7 Å².